The van der Waals surface area contributed by atoms with Crippen LogP contribution >= 0.6 is 0 Å². The Kier molecular flexibility index (Phi) is 4.66. The predicted molar refractivity (Wildman–Crippen MR) is 48.2 cm³/mol. The SMILES string of the molecule is CCC(N(C)C)N(CC)C(=O)O. The molecule has 1 N–H and O–H groups in total. The van der Waals surface area contributed by atoms with E-state index in [9.17, 15) is 4.79 Å². The van der Waals surface area contributed by atoms with Crippen molar-refractivity contribution in [2.45, 2.75) is 26.4 Å². The molecule has 0 heterocycles. The topological polar surface area (TPSA) is 43.8 Å². The van der Waals surface area contributed by atoms with E-state index in [0.717, 1.165) is 6.42 Å². The van der Waals surface area contributed by atoms with Gasteiger partial charge in [-0.05, 0) is 27.4 Å². The van der Waals surface area contributed by atoms with Gasteiger partial charge < -0.3 is 5.11 Å². The zero-order valence-corrected chi connectivity index (χ0v) is 8.24. The van der Waals surface area contributed by atoms with E-state index in [-0.39, 0.29) is 6.17 Å². The lowest BCUT2D eigenvalue weighted by molar-refractivity contribution is 0.0710. The second-order valence-electron chi connectivity index (χ2n) is 2.92. The zero-order chi connectivity index (χ0) is 9.72. The number of rotatable bonds is 4. The van der Waals surface area contributed by atoms with Crippen molar-refractivity contribution in [1.29, 1.82) is 0 Å². The van der Waals surface area contributed by atoms with E-state index < -0.39 is 6.09 Å². The lowest BCUT2D eigenvalue weighted by Crippen LogP contribution is -2.47. The summed E-state index contributed by atoms with van der Waals surface area (Å²) in [6.45, 7) is 4.36. The Labute approximate surface area is 73.8 Å². The number of carbonyl (C=O) groups is 1. The Morgan fingerprint density at radius 2 is 1.92 bits per heavy atom. The first kappa shape index (κ1) is 11.2. The van der Waals surface area contributed by atoms with Crippen molar-refractivity contribution < 1.29 is 9.90 Å². The van der Waals surface area contributed by atoms with Crippen LogP contribution in [0.1, 0.15) is 20.3 Å². The molecule has 0 saturated heterocycles. The van der Waals surface area contributed by atoms with E-state index in [1.54, 1.807) is 0 Å². The molecule has 1 amide bonds. The maximum atomic E-state index is 10.7. The first-order chi connectivity index (χ1) is 5.54. The molecular weight excluding hydrogens is 156 g/mol. The fourth-order valence-electron chi connectivity index (χ4n) is 1.34. The molecule has 0 aliphatic carbocycles. The van der Waals surface area contributed by atoms with Gasteiger partial charge in [-0.25, -0.2) is 4.79 Å². The summed E-state index contributed by atoms with van der Waals surface area (Å²) < 4.78 is 0. The Hall–Kier alpha value is -0.770. The van der Waals surface area contributed by atoms with Crippen LogP contribution in [0.4, 0.5) is 4.79 Å². The molecule has 0 radical (unpaired) electrons. The number of nitrogens with zero attached hydrogens (tertiary/aromatic N) is 2. The molecule has 0 aromatic rings. The molecule has 0 rings (SSSR count). The molecular formula is C8H18N2O2. The number of hydrogen-bond acceptors (Lipinski definition) is 2. The van der Waals surface area contributed by atoms with E-state index >= 15 is 0 Å². The number of amides is 1. The second kappa shape index (κ2) is 4.98. The van der Waals surface area contributed by atoms with Crippen molar-refractivity contribution in [1.82, 2.24) is 9.80 Å². The summed E-state index contributed by atoms with van der Waals surface area (Å²) >= 11 is 0. The summed E-state index contributed by atoms with van der Waals surface area (Å²) in [6.07, 6.45) is -0.0433. The maximum absolute atomic E-state index is 10.7. The largest absolute Gasteiger partial charge is 0.465 e. The van der Waals surface area contributed by atoms with Crippen LogP contribution in [-0.2, 0) is 0 Å². The average molecular weight is 174 g/mol. The van der Waals surface area contributed by atoms with E-state index in [1.165, 1.54) is 4.90 Å². The summed E-state index contributed by atoms with van der Waals surface area (Å²) in [5, 5.41) is 8.82. The molecule has 0 aliphatic rings. The fraction of sp³-hybridized carbons (Fsp3) is 0.875. The van der Waals surface area contributed by atoms with Gasteiger partial charge in [0.1, 0.15) is 0 Å². The van der Waals surface area contributed by atoms with Crippen molar-refractivity contribution >= 4 is 6.09 Å². The summed E-state index contributed by atoms with van der Waals surface area (Å²) in [5.41, 5.74) is 0. The molecule has 0 bridgehead atoms. The van der Waals surface area contributed by atoms with E-state index in [0.29, 0.717) is 6.54 Å². The van der Waals surface area contributed by atoms with Gasteiger partial charge in [0.15, 0.2) is 0 Å². The summed E-state index contributed by atoms with van der Waals surface area (Å²) in [4.78, 5) is 14.1. The van der Waals surface area contributed by atoms with Gasteiger partial charge >= 0.3 is 6.09 Å². The fourth-order valence-corrected chi connectivity index (χ4v) is 1.34. The van der Waals surface area contributed by atoms with Crippen molar-refractivity contribution in [3.05, 3.63) is 0 Å². The smallest absolute Gasteiger partial charge is 0.408 e. The molecule has 4 heteroatoms. The molecule has 0 spiro atoms. The first-order valence-electron chi connectivity index (χ1n) is 4.20. The van der Waals surface area contributed by atoms with Gasteiger partial charge in [-0.3, -0.25) is 9.80 Å². The molecule has 0 fully saturated rings. The minimum absolute atomic E-state index is 0.00694. The Bertz CT molecular complexity index is 148. The molecule has 4 nitrogen and oxygen atoms in total. The third-order valence-electron chi connectivity index (χ3n) is 1.91. The lowest BCUT2D eigenvalue weighted by atomic mass is 10.3. The molecule has 0 saturated carbocycles. The van der Waals surface area contributed by atoms with E-state index in [4.69, 9.17) is 5.11 Å². The molecule has 0 aliphatic heterocycles. The monoisotopic (exact) mass is 174 g/mol. The summed E-state index contributed by atoms with van der Waals surface area (Å²) in [6, 6.07) is 0. The van der Waals surface area contributed by atoms with Gasteiger partial charge in [0, 0.05) is 6.54 Å². The minimum Gasteiger partial charge on any atom is -0.465 e. The molecule has 1 unspecified atom stereocenters. The average Bonchev–Trinajstić information content (AvgIpc) is 1.98. The van der Waals surface area contributed by atoms with Crippen LogP contribution in [0.2, 0.25) is 0 Å². The van der Waals surface area contributed by atoms with Crippen LogP contribution < -0.4 is 0 Å². The van der Waals surface area contributed by atoms with Crippen LogP contribution in [0.25, 0.3) is 0 Å². The second-order valence-corrected chi connectivity index (χ2v) is 2.92. The van der Waals surface area contributed by atoms with Crippen molar-refractivity contribution in [3.8, 4) is 0 Å². The Balaban J connectivity index is 4.33. The van der Waals surface area contributed by atoms with Crippen LogP contribution in [0, 0.1) is 0 Å². The molecule has 1 atom stereocenters. The highest BCUT2D eigenvalue weighted by Gasteiger charge is 2.21. The normalized spacial score (nSPS) is 13.1. The van der Waals surface area contributed by atoms with Gasteiger partial charge in [0.05, 0.1) is 6.17 Å². The van der Waals surface area contributed by atoms with Crippen molar-refractivity contribution in [2.75, 3.05) is 20.6 Å². The number of carboxylic acid groups (broad SMARTS) is 1. The number of hydrogen-bond donors (Lipinski definition) is 1. The zero-order valence-electron chi connectivity index (χ0n) is 8.24. The third-order valence-corrected chi connectivity index (χ3v) is 1.91. The summed E-state index contributed by atoms with van der Waals surface area (Å²) in [5.74, 6) is 0. The Morgan fingerprint density at radius 3 is 2.00 bits per heavy atom. The van der Waals surface area contributed by atoms with Crippen molar-refractivity contribution in [2.24, 2.45) is 0 Å². The van der Waals surface area contributed by atoms with Gasteiger partial charge in [-0.2, -0.15) is 0 Å². The quantitative estimate of drug-likeness (QED) is 0.653. The van der Waals surface area contributed by atoms with E-state index in [1.807, 2.05) is 32.8 Å². The molecule has 72 valence electrons. The highest BCUT2D eigenvalue weighted by molar-refractivity contribution is 5.65. The highest BCUT2D eigenvalue weighted by atomic mass is 16.4. The van der Waals surface area contributed by atoms with Gasteiger partial charge in [-0.1, -0.05) is 6.92 Å². The lowest BCUT2D eigenvalue weighted by Gasteiger charge is -2.32. The van der Waals surface area contributed by atoms with Gasteiger partial charge in [-0.15, -0.1) is 0 Å². The highest BCUT2D eigenvalue weighted by Crippen LogP contribution is 2.06. The maximum Gasteiger partial charge on any atom is 0.408 e. The van der Waals surface area contributed by atoms with Crippen LogP contribution in [-0.4, -0.2) is 47.8 Å². The van der Waals surface area contributed by atoms with E-state index in [2.05, 4.69) is 0 Å². The first-order valence-corrected chi connectivity index (χ1v) is 4.20. The van der Waals surface area contributed by atoms with Crippen LogP contribution in [0.5, 0.6) is 0 Å². The summed E-state index contributed by atoms with van der Waals surface area (Å²) in [7, 11) is 3.78. The predicted octanol–water partition coefficient (Wildman–Crippen LogP) is 1.28. The minimum atomic E-state index is -0.849. The van der Waals surface area contributed by atoms with Crippen molar-refractivity contribution in [3.63, 3.8) is 0 Å². The molecule has 0 aromatic carbocycles. The molecule has 12 heavy (non-hydrogen) atoms. The standard InChI is InChI=1S/C8H18N2O2/c1-5-7(9(3)4)10(6-2)8(11)12/h7H,5-6H2,1-4H3,(H,11,12). The third kappa shape index (κ3) is 2.70. The van der Waals surface area contributed by atoms with Gasteiger partial charge in [0.25, 0.3) is 0 Å². The van der Waals surface area contributed by atoms with Gasteiger partial charge in [0.2, 0.25) is 0 Å². The van der Waals surface area contributed by atoms with Crippen LogP contribution in [0.3, 0.4) is 0 Å². The Morgan fingerprint density at radius 1 is 1.42 bits per heavy atom. The van der Waals surface area contributed by atoms with Crippen LogP contribution in [0.15, 0.2) is 0 Å². The molecule has 0 aromatic heterocycles.